The van der Waals surface area contributed by atoms with Crippen LogP contribution < -0.4 is 0 Å². The van der Waals surface area contributed by atoms with Crippen molar-refractivity contribution in [2.45, 2.75) is 37.6 Å². The molecule has 1 amide bonds. The van der Waals surface area contributed by atoms with Crippen molar-refractivity contribution in [1.82, 2.24) is 4.90 Å². The molecule has 0 atom stereocenters. The fraction of sp³-hybridized carbons (Fsp3) is 0.533. The van der Waals surface area contributed by atoms with Crippen LogP contribution in [0.25, 0.3) is 0 Å². The number of furan rings is 1. The molecule has 1 fully saturated rings. The van der Waals surface area contributed by atoms with E-state index in [4.69, 9.17) is 9.15 Å². The Morgan fingerprint density at radius 2 is 2.14 bits per heavy atom. The van der Waals surface area contributed by atoms with Crippen LogP contribution >= 0.6 is 0 Å². The lowest BCUT2D eigenvalue weighted by atomic mass is 9.81. The van der Waals surface area contributed by atoms with Crippen molar-refractivity contribution in [2.75, 3.05) is 13.7 Å². The summed E-state index contributed by atoms with van der Waals surface area (Å²) in [6.45, 7) is -0.389. The van der Waals surface area contributed by atoms with Gasteiger partial charge in [-0.25, -0.2) is 4.79 Å². The van der Waals surface area contributed by atoms with Gasteiger partial charge in [0, 0.05) is 7.05 Å². The zero-order valence-electron chi connectivity index (χ0n) is 12.0. The van der Waals surface area contributed by atoms with Gasteiger partial charge in [-0.05, 0) is 25.0 Å². The molecule has 0 spiro atoms. The van der Waals surface area contributed by atoms with E-state index in [9.17, 15) is 14.9 Å². The molecule has 0 saturated heterocycles. The zero-order valence-corrected chi connectivity index (χ0v) is 12.0. The third-order valence-corrected chi connectivity index (χ3v) is 3.95. The van der Waals surface area contributed by atoms with E-state index in [1.807, 2.05) is 0 Å². The number of amides is 1. The van der Waals surface area contributed by atoms with Crippen molar-refractivity contribution in [2.24, 2.45) is 0 Å². The number of hydrogen-bond acceptors (Lipinski definition) is 5. The molecule has 0 bridgehead atoms. The molecule has 21 heavy (non-hydrogen) atoms. The second-order valence-electron chi connectivity index (χ2n) is 5.21. The summed E-state index contributed by atoms with van der Waals surface area (Å²) >= 11 is 0. The number of hydrogen-bond donors (Lipinski definition) is 0. The van der Waals surface area contributed by atoms with E-state index < -0.39 is 11.5 Å². The highest BCUT2D eigenvalue weighted by molar-refractivity contribution is 5.88. The van der Waals surface area contributed by atoms with E-state index in [1.54, 1.807) is 13.1 Å². The minimum atomic E-state index is -0.771. The summed E-state index contributed by atoms with van der Waals surface area (Å²) < 4.78 is 9.81. The fourth-order valence-corrected chi connectivity index (χ4v) is 2.59. The SMILES string of the molecule is CN(C(=O)COC(=O)c1ccco1)C1(C#N)CCCCC1. The molecule has 0 unspecified atom stereocenters. The molecule has 1 aliphatic carbocycles. The van der Waals surface area contributed by atoms with E-state index in [-0.39, 0.29) is 18.3 Å². The van der Waals surface area contributed by atoms with Crippen LogP contribution in [0.1, 0.15) is 42.7 Å². The number of ether oxygens (including phenoxy) is 1. The predicted molar refractivity (Wildman–Crippen MR) is 73.2 cm³/mol. The highest BCUT2D eigenvalue weighted by Crippen LogP contribution is 2.32. The number of carbonyl (C=O) groups excluding carboxylic acids is 2. The molecule has 112 valence electrons. The van der Waals surface area contributed by atoms with Gasteiger partial charge in [0.1, 0.15) is 5.54 Å². The second kappa shape index (κ2) is 6.44. The molecular weight excluding hydrogens is 272 g/mol. The van der Waals surface area contributed by atoms with Crippen LogP contribution in [-0.4, -0.2) is 36.0 Å². The lowest BCUT2D eigenvalue weighted by Crippen LogP contribution is -2.51. The summed E-state index contributed by atoms with van der Waals surface area (Å²) in [6, 6.07) is 5.29. The molecule has 1 aromatic rings. The van der Waals surface area contributed by atoms with Crippen LogP contribution in [0, 0.1) is 11.3 Å². The van der Waals surface area contributed by atoms with Crippen LogP contribution in [-0.2, 0) is 9.53 Å². The molecule has 6 nitrogen and oxygen atoms in total. The maximum atomic E-state index is 12.1. The van der Waals surface area contributed by atoms with Gasteiger partial charge >= 0.3 is 5.97 Å². The maximum Gasteiger partial charge on any atom is 0.374 e. The summed E-state index contributed by atoms with van der Waals surface area (Å²) in [5.41, 5.74) is -0.771. The second-order valence-corrected chi connectivity index (χ2v) is 5.21. The molecule has 1 saturated carbocycles. The first-order valence-electron chi connectivity index (χ1n) is 6.97. The molecule has 1 aromatic heterocycles. The van der Waals surface area contributed by atoms with Crippen molar-refractivity contribution in [3.05, 3.63) is 24.2 Å². The van der Waals surface area contributed by atoms with Gasteiger partial charge in [0.25, 0.3) is 5.91 Å². The highest BCUT2D eigenvalue weighted by Gasteiger charge is 2.39. The van der Waals surface area contributed by atoms with Gasteiger partial charge in [0.2, 0.25) is 5.76 Å². The van der Waals surface area contributed by atoms with E-state index in [2.05, 4.69) is 6.07 Å². The van der Waals surface area contributed by atoms with E-state index >= 15 is 0 Å². The smallest absolute Gasteiger partial charge is 0.374 e. The number of likely N-dealkylation sites (N-methyl/N-ethyl adjacent to an activating group) is 1. The Bertz CT molecular complexity index is 539. The Labute approximate surface area is 123 Å². The van der Waals surface area contributed by atoms with Gasteiger partial charge in [-0.15, -0.1) is 0 Å². The zero-order chi connectivity index (χ0) is 15.3. The molecular formula is C15H18N2O4. The first-order valence-corrected chi connectivity index (χ1v) is 6.97. The van der Waals surface area contributed by atoms with Crippen LogP contribution in [0.5, 0.6) is 0 Å². The topological polar surface area (TPSA) is 83.5 Å². The standard InChI is InChI=1S/C15H18N2O4/c1-17(15(11-16)7-3-2-4-8-15)13(18)10-21-14(19)12-6-5-9-20-12/h5-6,9H,2-4,7-8,10H2,1H3. The molecule has 2 rings (SSSR count). The highest BCUT2D eigenvalue weighted by atomic mass is 16.5. The Morgan fingerprint density at radius 3 is 2.71 bits per heavy atom. The Kier molecular flexibility index (Phi) is 4.63. The fourth-order valence-electron chi connectivity index (χ4n) is 2.59. The number of esters is 1. The molecule has 0 radical (unpaired) electrons. The molecule has 1 heterocycles. The van der Waals surface area contributed by atoms with Crippen LogP contribution in [0.4, 0.5) is 0 Å². The Morgan fingerprint density at radius 1 is 1.43 bits per heavy atom. The minimum absolute atomic E-state index is 0.0538. The molecule has 6 heteroatoms. The first-order chi connectivity index (χ1) is 10.1. The normalized spacial score (nSPS) is 16.8. The van der Waals surface area contributed by atoms with Crippen LogP contribution in [0.3, 0.4) is 0 Å². The number of nitrogens with zero attached hydrogens (tertiary/aromatic N) is 2. The summed E-state index contributed by atoms with van der Waals surface area (Å²) in [5, 5.41) is 9.42. The molecule has 1 aliphatic rings. The van der Waals surface area contributed by atoms with E-state index in [0.29, 0.717) is 12.8 Å². The third kappa shape index (κ3) is 3.24. The van der Waals surface area contributed by atoms with Crippen molar-refractivity contribution in [1.29, 1.82) is 5.26 Å². The molecule has 0 aliphatic heterocycles. The minimum Gasteiger partial charge on any atom is -0.457 e. The lowest BCUT2D eigenvalue weighted by Gasteiger charge is -2.38. The van der Waals surface area contributed by atoms with E-state index in [1.165, 1.54) is 17.2 Å². The predicted octanol–water partition coefficient (Wildman–Crippen LogP) is 2.12. The van der Waals surface area contributed by atoms with Crippen molar-refractivity contribution < 1.29 is 18.7 Å². The monoisotopic (exact) mass is 290 g/mol. The summed E-state index contributed by atoms with van der Waals surface area (Å²) in [7, 11) is 1.59. The number of carbonyl (C=O) groups is 2. The summed E-state index contributed by atoms with van der Waals surface area (Å²) in [4.78, 5) is 25.2. The van der Waals surface area contributed by atoms with Gasteiger partial charge in [-0.3, -0.25) is 4.79 Å². The van der Waals surface area contributed by atoms with Gasteiger partial charge in [-0.1, -0.05) is 19.3 Å². The van der Waals surface area contributed by atoms with Crippen LogP contribution in [0.2, 0.25) is 0 Å². The maximum absolute atomic E-state index is 12.1. The summed E-state index contributed by atoms with van der Waals surface area (Å²) in [6.07, 6.45) is 5.63. The van der Waals surface area contributed by atoms with Crippen molar-refractivity contribution in [3.8, 4) is 6.07 Å². The third-order valence-electron chi connectivity index (χ3n) is 3.95. The van der Waals surface area contributed by atoms with Crippen LogP contribution in [0.15, 0.2) is 22.8 Å². The van der Waals surface area contributed by atoms with Gasteiger partial charge in [0.15, 0.2) is 6.61 Å². The van der Waals surface area contributed by atoms with Gasteiger partial charge in [0.05, 0.1) is 12.3 Å². The lowest BCUT2D eigenvalue weighted by molar-refractivity contribution is -0.138. The van der Waals surface area contributed by atoms with E-state index in [0.717, 1.165) is 19.3 Å². The van der Waals surface area contributed by atoms with Crippen molar-refractivity contribution >= 4 is 11.9 Å². The van der Waals surface area contributed by atoms with Crippen molar-refractivity contribution in [3.63, 3.8) is 0 Å². The Balaban J connectivity index is 1.93. The number of rotatable bonds is 4. The molecule has 0 N–H and O–H groups in total. The largest absolute Gasteiger partial charge is 0.457 e. The average Bonchev–Trinajstić information content (AvgIpc) is 3.06. The molecule has 0 aromatic carbocycles. The Hall–Kier alpha value is -2.29. The van der Waals surface area contributed by atoms with Gasteiger partial charge in [-0.2, -0.15) is 5.26 Å². The first kappa shape index (κ1) is 15.1. The quantitative estimate of drug-likeness (QED) is 0.793. The van der Waals surface area contributed by atoms with Gasteiger partial charge < -0.3 is 14.1 Å². The average molecular weight is 290 g/mol. The summed E-state index contributed by atoms with van der Waals surface area (Å²) in [5.74, 6) is -1.01. The number of nitriles is 1.